The Morgan fingerprint density at radius 3 is 2.15 bits per heavy atom. The van der Waals surface area contributed by atoms with E-state index in [9.17, 15) is 14.9 Å². The molecule has 0 aliphatic carbocycles. The van der Waals surface area contributed by atoms with Crippen molar-refractivity contribution in [3.63, 3.8) is 0 Å². The summed E-state index contributed by atoms with van der Waals surface area (Å²) in [5, 5.41) is 19.2. The topological polar surface area (TPSA) is 109 Å². The standard InChI is InChI=1S/C30H24N4O5/c1-20-28(29(21-9-5-3-6-10-21)32-33(20)23-11-7-4-8-12-23)30(35)31-22-17-24(34(36)37)19-27(18-22)39-26-15-13-25(38-2)14-16-26/h3-19H,1-2H3,(H,31,35). The number of para-hydroxylation sites is 1. The zero-order valence-electron chi connectivity index (χ0n) is 21.2. The molecule has 0 saturated carbocycles. The molecule has 1 amide bonds. The summed E-state index contributed by atoms with van der Waals surface area (Å²) in [6, 6.07) is 29.8. The van der Waals surface area contributed by atoms with E-state index < -0.39 is 10.8 Å². The van der Waals surface area contributed by atoms with Gasteiger partial charge in [-0.3, -0.25) is 14.9 Å². The molecule has 0 aliphatic heterocycles. The predicted octanol–water partition coefficient (Wildman–Crippen LogP) is 6.81. The minimum absolute atomic E-state index is 0.199. The fourth-order valence-electron chi connectivity index (χ4n) is 4.19. The van der Waals surface area contributed by atoms with Crippen LogP contribution in [-0.4, -0.2) is 27.7 Å². The number of non-ortho nitro benzene ring substituents is 1. The molecule has 5 aromatic rings. The van der Waals surface area contributed by atoms with Crippen molar-refractivity contribution < 1.29 is 19.2 Å². The van der Waals surface area contributed by atoms with Crippen LogP contribution in [0.5, 0.6) is 17.2 Å². The number of ether oxygens (including phenoxy) is 2. The van der Waals surface area contributed by atoms with Gasteiger partial charge in [-0.15, -0.1) is 0 Å². The number of nitrogens with zero attached hydrogens (tertiary/aromatic N) is 3. The highest BCUT2D eigenvalue weighted by molar-refractivity contribution is 6.09. The number of amides is 1. The van der Waals surface area contributed by atoms with Crippen LogP contribution in [0.1, 0.15) is 16.1 Å². The van der Waals surface area contributed by atoms with Crippen LogP contribution in [0.15, 0.2) is 103 Å². The summed E-state index contributed by atoms with van der Waals surface area (Å²) in [6.45, 7) is 1.81. The summed E-state index contributed by atoms with van der Waals surface area (Å²) >= 11 is 0. The Hall–Kier alpha value is -5.44. The first-order valence-corrected chi connectivity index (χ1v) is 12.1. The van der Waals surface area contributed by atoms with E-state index >= 15 is 0 Å². The zero-order valence-corrected chi connectivity index (χ0v) is 21.2. The fourth-order valence-corrected chi connectivity index (χ4v) is 4.19. The van der Waals surface area contributed by atoms with Gasteiger partial charge < -0.3 is 14.8 Å². The Bertz CT molecular complexity index is 1630. The van der Waals surface area contributed by atoms with Gasteiger partial charge in [0.05, 0.1) is 40.7 Å². The van der Waals surface area contributed by atoms with Crippen LogP contribution in [-0.2, 0) is 0 Å². The van der Waals surface area contributed by atoms with Crippen LogP contribution in [0, 0.1) is 17.0 Å². The third kappa shape index (κ3) is 5.47. The predicted molar refractivity (Wildman–Crippen MR) is 148 cm³/mol. The average molecular weight is 521 g/mol. The number of anilines is 1. The number of hydrogen-bond acceptors (Lipinski definition) is 6. The molecular weight excluding hydrogens is 496 g/mol. The second-order valence-corrected chi connectivity index (χ2v) is 8.63. The summed E-state index contributed by atoms with van der Waals surface area (Å²) in [7, 11) is 1.56. The van der Waals surface area contributed by atoms with Crippen molar-refractivity contribution in [2.24, 2.45) is 0 Å². The molecule has 39 heavy (non-hydrogen) atoms. The van der Waals surface area contributed by atoms with Crippen LogP contribution in [0.25, 0.3) is 16.9 Å². The SMILES string of the molecule is COc1ccc(Oc2cc(NC(=O)c3c(-c4ccccc4)nn(-c4ccccc4)c3C)cc([N+](=O)[O-])c2)cc1. The molecule has 0 bridgehead atoms. The lowest BCUT2D eigenvalue weighted by Gasteiger charge is -2.11. The molecule has 194 valence electrons. The highest BCUT2D eigenvalue weighted by Gasteiger charge is 2.24. The van der Waals surface area contributed by atoms with Gasteiger partial charge in [0.15, 0.2) is 0 Å². The van der Waals surface area contributed by atoms with Crippen LogP contribution in [0.3, 0.4) is 0 Å². The molecular formula is C30H24N4O5. The van der Waals surface area contributed by atoms with Gasteiger partial charge in [0, 0.05) is 17.7 Å². The van der Waals surface area contributed by atoms with E-state index in [1.807, 2.05) is 67.6 Å². The number of rotatable bonds is 8. The zero-order chi connectivity index (χ0) is 27.4. The van der Waals surface area contributed by atoms with Crippen molar-refractivity contribution in [3.05, 3.63) is 124 Å². The number of nitro benzene ring substituents is 1. The van der Waals surface area contributed by atoms with Crippen LogP contribution in [0.4, 0.5) is 11.4 Å². The van der Waals surface area contributed by atoms with Gasteiger partial charge >= 0.3 is 0 Å². The highest BCUT2D eigenvalue weighted by Crippen LogP contribution is 2.32. The number of hydrogen-bond donors (Lipinski definition) is 1. The van der Waals surface area contributed by atoms with Crippen LogP contribution >= 0.6 is 0 Å². The Labute approximate surface area is 224 Å². The van der Waals surface area contributed by atoms with Crippen LogP contribution < -0.4 is 14.8 Å². The molecule has 5 rings (SSSR count). The maximum absolute atomic E-state index is 13.7. The van der Waals surface area contributed by atoms with E-state index in [-0.39, 0.29) is 17.1 Å². The number of nitrogens with one attached hydrogen (secondary N) is 1. The Morgan fingerprint density at radius 2 is 1.51 bits per heavy atom. The summed E-state index contributed by atoms with van der Waals surface area (Å²) < 4.78 is 12.7. The summed E-state index contributed by atoms with van der Waals surface area (Å²) in [5.41, 5.74) is 3.03. The van der Waals surface area contributed by atoms with Gasteiger partial charge in [-0.1, -0.05) is 48.5 Å². The monoisotopic (exact) mass is 520 g/mol. The Morgan fingerprint density at radius 1 is 0.872 bits per heavy atom. The minimum atomic E-state index is -0.537. The number of carbonyl (C=O) groups excluding carboxylic acids is 1. The number of methoxy groups -OCH3 is 1. The normalized spacial score (nSPS) is 10.6. The second kappa shape index (κ2) is 10.9. The van der Waals surface area contributed by atoms with Gasteiger partial charge in [0.25, 0.3) is 11.6 Å². The molecule has 0 fully saturated rings. The minimum Gasteiger partial charge on any atom is -0.497 e. The van der Waals surface area contributed by atoms with Crippen LogP contribution in [0.2, 0.25) is 0 Å². The van der Waals surface area contributed by atoms with Gasteiger partial charge in [-0.25, -0.2) is 4.68 Å². The summed E-state index contributed by atoms with van der Waals surface area (Å²) in [5.74, 6) is 0.851. The third-order valence-corrected chi connectivity index (χ3v) is 6.05. The van der Waals surface area contributed by atoms with E-state index in [1.54, 1.807) is 36.1 Å². The fraction of sp³-hybridized carbons (Fsp3) is 0.0667. The molecule has 0 atom stereocenters. The molecule has 0 aliphatic rings. The first kappa shape index (κ1) is 25.2. The van der Waals surface area contributed by atoms with E-state index in [4.69, 9.17) is 14.6 Å². The quantitative estimate of drug-likeness (QED) is 0.178. The highest BCUT2D eigenvalue weighted by atomic mass is 16.6. The molecule has 0 unspecified atom stereocenters. The van der Waals surface area contributed by atoms with E-state index in [2.05, 4.69) is 5.32 Å². The summed E-state index contributed by atoms with van der Waals surface area (Å²) in [6.07, 6.45) is 0. The van der Waals surface area contributed by atoms with Crippen molar-refractivity contribution in [3.8, 4) is 34.2 Å². The smallest absolute Gasteiger partial charge is 0.275 e. The lowest BCUT2D eigenvalue weighted by Crippen LogP contribution is -2.14. The maximum atomic E-state index is 13.7. The first-order chi connectivity index (χ1) is 18.9. The van der Waals surface area contributed by atoms with Crippen molar-refractivity contribution in [2.75, 3.05) is 12.4 Å². The molecule has 0 saturated heterocycles. The van der Waals surface area contributed by atoms with Crippen molar-refractivity contribution in [2.45, 2.75) is 6.92 Å². The van der Waals surface area contributed by atoms with Crippen molar-refractivity contribution >= 4 is 17.3 Å². The Kier molecular flexibility index (Phi) is 7.05. The van der Waals surface area contributed by atoms with E-state index in [0.717, 1.165) is 11.3 Å². The number of benzene rings is 4. The largest absolute Gasteiger partial charge is 0.497 e. The number of nitro groups is 1. The van der Waals surface area contributed by atoms with Gasteiger partial charge in [0.2, 0.25) is 0 Å². The first-order valence-electron chi connectivity index (χ1n) is 12.1. The van der Waals surface area contributed by atoms with Crippen molar-refractivity contribution in [1.82, 2.24) is 9.78 Å². The lowest BCUT2D eigenvalue weighted by molar-refractivity contribution is -0.384. The molecule has 0 radical (unpaired) electrons. The third-order valence-electron chi connectivity index (χ3n) is 6.05. The molecule has 1 aromatic heterocycles. The molecule has 9 nitrogen and oxygen atoms in total. The molecule has 1 heterocycles. The van der Waals surface area contributed by atoms with Crippen molar-refractivity contribution in [1.29, 1.82) is 0 Å². The van der Waals surface area contributed by atoms with Gasteiger partial charge in [-0.2, -0.15) is 5.10 Å². The maximum Gasteiger partial charge on any atom is 0.275 e. The molecule has 4 aromatic carbocycles. The van der Waals surface area contributed by atoms with Gasteiger partial charge in [0.1, 0.15) is 22.9 Å². The number of aromatic nitrogens is 2. The lowest BCUT2D eigenvalue weighted by atomic mass is 10.1. The van der Waals surface area contributed by atoms with Gasteiger partial charge in [-0.05, 0) is 43.3 Å². The second-order valence-electron chi connectivity index (χ2n) is 8.63. The number of carbonyl (C=O) groups is 1. The molecule has 1 N–H and O–H groups in total. The Balaban J connectivity index is 1.52. The molecule has 0 spiro atoms. The van der Waals surface area contributed by atoms with E-state index in [1.165, 1.54) is 18.2 Å². The average Bonchev–Trinajstić information content (AvgIpc) is 3.31. The summed E-state index contributed by atoms with van der Waals surface area (Å²) in [4.78, 5) is 24.8. The van der Waals surface area contributed by atoms with E-state index in [0.29, 0.717) is 28.5 Å². The molecule has 9 heteroatoms.